The van der Waals surface area contributed by atoms with Gasteiger partial charge in [0, 0.05) is 5.56 Å². The van der Waals surface area contributed by atoms with E-state index in [1.54, 1.807) is 12.1 Å². The Bertz CT molecular complexity index is 866. The van der Waals surface area contributed by atoms with Crippen molar-refractivity contribution in [2.45, 2.75) is 0 Å². The molecular weight excluding hydrogens is 394 g/mol. The van der Waals surface area contributed by atoms with Crippen molar-refractivity contribution in [3.63, 3.8) is 0 Å². The lowest BCUT2D eigenvalue weighted by Gasteiger charge is -2.14. The minimum absolute atomic E-state index is 0.0221. The molecule has 0 saturated carbocycles. The molecule has 0 aliphatic heterocycles. The number of aromatic nitrogens is 2. The van der Waals surface area contributed by atoms with Gasteiger partial charge in [0.25, 0.3) is 0 Å². The predicted molar refractivity (Wildman–Crippen MR) is 92.8 cm³/mol. The van der Waals surface area contributed by atoms with Gasteiger partial charge in [0.2, 0.25) is 5.95 Å². The molecule has 0 fully saturated rings. The molecule has 0 saturated heterocycles. The van der Waals surface area contributed by atoms with Gasteiger partial charge in [0.05, 0.1) is 24.4 Å². The number of nitrogens with zero attached hydrogens (tertiary/aromatic N) is 3. The van der Waals surface area contributed by atoms with Gasteiger partial charge in [0.15, 0.2) is 18.1 Å². The molecule has 0 amide bonds. The van der Waals surface area contributed by atoms with Crippen LogP contribution < -0.4 is 20.9 Å². The van der Waals surface area contributed by atoms with Crippen molar-refractivity contribution in [1.82, 2.24) is 9.97 Å². The van der Waals surface area contributed by atoms with Gasteiger partial charge in [-0.1, -0.05) is 0 Å². The van der Waals surface area contributed by atoms with E-state index in [1.165, 1.54) is 14.2 Å². The molecule has 25 heavy (non-hydrogen) atoms. The van der Waals surface area contributed by atoms with E-state index in [9.17, 15) is 10.1 Å². The number of carbonyl (C=O) groups excluding carboxylic acids is 1. The van der Waals surface area contributed by atoms with Crippen molar-refractivity contribution in [2.75, 3.05) is 32.3 Å². The zero-order valence-electron chi connectivity index (χ0n) is 13.4. The van der Waals surface area contributed by atoms with Crippen LogP contribution in [-0.2, 0) is 9.53 Å². The largest absolute Gasteiger partial charge is 0.493 e. The van der Waals surface area contributed by atoms with Crippen molar-refractivity contribution in [3.8, 4) is 28.8 Å². The minimum Gasteiger partial charge on any atom is -0.493 e. The lowest BCUT2D eigenvalue weighted by atomic mass is 10.1. The standard InChI is InChI=1S/C15H14BrN5O4/c1-23-10-4-7(3-9(16)13(10)25-6-11(22)24-2)12-8(5-17)14(18)21-15(19)20-12/h3-4H,6H2,1-2H3,(H4,18,19,20,21). The van der Waals surface area contributed by atoms with Crippen LogP contribution in [0.1, 0.15) is 5.56 Å². The molecule has 0 spiro atoms. The van der Waals surface area contributed by atoms with Gasteiger partial charge in [-0.25, -0.2) is 9.78 Å². The van der Waals surface area contributed by atoms with Crippen LogP contribution in [0, 0.1) is 11.3 Å². The molecule has 0 atom stereocenters. The summed E-state index contributed by atoms with van der Waals surface area (Å²) in [6.45, 7) is -0.290. The van der Waals surface area contributed by atoms with Gasteiger partial charge in [-0.15, -0.1) is 0 Å². The predicted octanol–water partition coefficient (Wildman–Crippen LogP) is 1.50. The quantitative estimate of drug-likeness (QED) is 0.703. The normalized spacial score (nSPS) is 10.0. The third-order valence-electron chi connectivity index (χ3n) is 3.13. The molecule has 1 aromatic heterocycles. The summed E-state index contributed by atoms with van der Waals surface area (Å²) < 4.78 is 15.7. The summed E-state index contributed by atoms with van der Waals surface area (Å²) in [6, 6.07) is 5.17. The SMILES string of the molecule is COC(=O)COc1c(Br)cc(-c2nc(N)nc(N)c2C#N)cc1OC. The smallest absolute Gasteiger partial charge is 0.343 e. The fourth-order valence-electron chi connectivity index (χ4n) is 2.00. The number of rotatable bonds is 5. The van der Waals surface area contributed by atoms with Crippen LogP contribution in [0.25, 0.3) is 11.3 Å². The number of esters is 1. The lowest BCUT2D eigenvalue weighted by Crippen LogP contribution is -2.13. The molecule has 2 rings (SSSR count). The van der Waals surface area contributed by atoms with Crippen molar-refractivity contribution < 1.29 is 19.0 Å². The molecule has 0 bridgehead atoms. The Morgan fingerprint density at radius 1 is 1.32 bits per heavy atom. The van der Waals surface area contributed by atoms with E-state index in [4.69, 9.17) is 20.9 Å². The van der Waals surface area contributed by atoms with Crippen LogP contribution >= 0.6 is 15.9 Å². The maximum Gasteiger partial charge on any atom is 0.343 e. The van der Waals surface area contributed by atoms with E-state index in [0.29, 0.717) is 21.5 Å². The van der Waals surface area contributed by atoms with Crippen LogP contribution in [0.3, 0.4) is 0 Å². The van der Waals surface area contributed by atoms with Crippen LogP contribution in [-0.4, -0.2) is 36.8 Å². The molecule has 0 radical (unpaired) electrons. The Balaban J connectivity index is 2.54. The van der Waals surface area contributed by atoms with E-state index < -0.39 is 5.97 Å². The highest BCUT2D eigenvalue weighted by atomic mass is 79.9. The van der Waals surface area contributed by atoms with Crippen molar-refractivity contribution in [1.29, 1.82) is 5.26 Å². The minimum atomic E-state index is -0.541. The number of halogens is 1. The zero-order valence-corrected chi connectivity index (χ0v) is 15.0. The highest BCUT2D eigenvalue weighted by molar-refractivity contribution is 9.10. The van der Waals surface area contributed by atoms with E-state index in [2.05, 4.69) is 30.6 Å². The van der Waals surface area contributed by atoms with Gasteiger partial charge in [-0.05, 0) is 28.1 Å². The van der Waals surface area contributed by atoms with Gasteiger partial charge in [-0.3, -0.25) is 0 Å². The number of hydrogen-bond acceptors (Lipinski definition) is 9. The van der Waals surface area contributed by atoms with E-state index in [0.717, 1.165) is 0 Å². The van der Waals surface area contributed by atoms with Gasteiger partial charge < -0.3 is 25.7 Å². The second kappa shape index (κ2) is 7.67. The van der Waals surface area contributed by atoms with Gasteiger partial charge >= 0.3 is 5.97 Å². The average Bonchev–Trinajstić information content (AvgIpc) is 2.59. The monoisotopic (exact) mass is 407 g/mol. The highest BCUT2D eigenvalue weighted by Gasteiger charge is 2.19. The lowest BCUT2D eigenvalue weighted by molar-refractivity contribution is -0.142. The number of methoxy groups -OCH3 is 2. The number of anilines is 2. The first-order valence-corrected chi connectivity index (χ1v) is 7.61. The zero-order chi connectivity index (χ0) is 18.6. The van der Waals surface area contributed by atoms with E-state index in [-0.39, 0.29) is 29.6 Å². The molecule has 10 heteroatoms. The Kier molecular flexibility index (Phi) is 5.61. The fourth-order valence-corrected chi connectivity index (χ4v) is 2.56. The third-order valence-corrected chi connectivity index (χ3v) is 3.72. The molecule has 2 aromatic rings. The molecule has 0 unspecified atom stereocenters. The summed E-state index contributed by atoms with van der Waals surface area (Å²) in [5.41, 5.74) is 12.2. The number of nitrogen functional groups attached to an aromatic ring is 2. The van der Waals surface area contributed by atoms with Gasteiger partial charge in [0.1, 0.15) is 17.5 Å². The van der Waals surface area contributed by atoms with Crippen LogP contribution in [0.2, 0.25) is 0 Å². The van der Waals surface area contributed by atoms with Crippen molar-refractivity contribution in [3.05, 3.63) is 22.2 Å². The Hall–Kier alpha value is -3.06. The second-order valence-corrected chi connectivity index (χ2v) is 5.51. The number of ether oxygens (including phenoxy) is 3. The third kappa shape index (κ3) is 3.89. The number of nitrogens with two attached hydrogens (primary N) is 2. The first-order valence-electron chi connectivity index (χ1n) is 6.81. The first kappa shape index (κ1) is 18.3. The molecule has 9 nitrogen and oxygen atoms in total. The summed E-state index contributed by atoms with van der Waals surface area (Å²) >= 11 is 3.35. The highest BCUT2D eigenvalue weighted by Crippen LogP contribution is 2.40. The van der Waals surface area contributed by atoms with Crippen LogP contribution in [0.4, 0.5) is 11.8 Å². The molecule has 4 N–H and O–H groups in total. The maximum atomic E-state index is 11.3. The van der Waals surface area contributed by atoms with Crippen LogP contribution in [0.5, 0.6) is 11.5 Å². The Labute approximate surface area is 151 Å². The summed E-state index contributed by atoms with van der Waals surface area (Å²) in [7, 11) is 2.69. The molecule has 0 aliphatic carbocycles. The number of nitriles is 1. The number of carbonyl (C=O) groups is 1. The maximum absolute atomic E-state index is 11.3. The van der Waals surface area contributed by atoms with Gasteiger partial charge in [-0.2, -0.15) is 10.2 Å². The van der Waals surface area contributed by atoms with Crippen molar-refractivity contribution >= 4 is 33.7 Å². The van der Waals surface area contributed by atoms with E-state index >= 15 is 0 Å². The molecular formula is C15H14BrN5O4. The summed E-state index contributed by atoms with van der Waals surface area (Å²) in [5.74, 6) is -0.0158. The molecule has 1 aromatic carbocycles. The average molecular weight is 408 g/mol. The second-order valence-electron chi connectivity index (χ2n) is 4.66. The van der Waals surface area contributed by atoms with Crippen LogP contribution in [0.15, 0.2) is 16.6 Å². The molecule has 130 valence electrons. The fraction of sp³-hybridized carbons (Fsp3) is 0.200. The Morgan fingerprint density at radius 3 is 2.64 bits per heavy atom. The Morgan fingerprint density at radius 2 is 2.04 bits per heavy atom. The molecule has 1 heterocycles. The molecule has 0 aliphatic rings. The number of hydrogen-bond donors (Lipinski definition) is 2. The first-order chi connectivity index (χ1) is 11.9. The topological polar surface area (TPSA) is 146 Å². The summed E-state index contributed by atoms with van der Waals surface area (Å²) in [6.07, 6.45) is 0. The number of benzene rings is 1. The summed E-state index contributed by atoms with van der Waals surface area (Å²) in [4.78, 5) is 19.1. The van der Waals surface area contributed by atoms with E-state index in [1.807, 2.05) is 6.07 Å². The summed E-state index contributed by atoms with van der Waals surface area (Å²) in [5, 5.41) is 9.30. The van der Waals surface area contributed by atoms with Crippen molar-refractivity contribution in [2.24, 2.45) is 0 Å².